The zero-order valence-electron chi connectivity index (χ0n) is 15.0. The summed E-state index contributed by atoms with van der Waals surface area (Å²) in [6.07, 6.45) is 2.77. The van der Waals surface area contributed by atoms with Gasteiger partial charge in [0, 0.05) is 25.4 Å². The van der Waals surface area contributed by atoms with Crippen LogP contribution in [0.15, 0.2) is 41.6 Å². The van der Waals surface area contributed by atoms with E-state index in [2.05, 4.69) is 9.71 Å². The van der Waals surface area contributed by atoms with Crippen LogP contribution in [0.2, 0.25) is 0 Å². The number of pyridine rings is 1. The lowest BCUT2D eigenvalue weighted by Crippen LogP contribution is -2.40. The molecular formula is C18H19N3O6S. The van der Waals surface area contributed by atoms with Crippen LogP contribution < -0.4 is 14.2 Å². The number of nitrogens with one attached hydrogen (secondary N) is 1. The van der Waals surface area contributed by atoms with Gasteiger partial charge in [-0.15, -0.1) is 0 Å². The minimum absolute atomic E-state index is 0.0293. The Labute approximate surface area is 162 Å². The molecule has 28 heavy (non-hydrogen) atoms. The van der Waals surface area contributed by atoms with E-state index in [1.807, 2.05) is 0 Å². The number of nitrogens with zero attached hydrogens (tertiary/aromatic N) is 2. The van der Waals surface area contributed by atoms with E-state index in [9.17, 15) is 13.2 Å². The molecule has 9 nitrogen and oxygen atoms in total. The fourth-order valence-electron chi connectivity index (χ4n) is 2.97. The van der Waals surface area contributed by atoms with Crippen LogP contribution in [0.5, 0.6) is 11.5 Å². The molecule has 2 aliphatic rings. The highest BCUT2D eigenvalue weighted by Gasteiger charge is 2.22. The average Bonchev–Trinajstić information content (AvgIpc) is 2.73. The van der Waals surface area contributed by atoms with Gasteiger partial charge in [0.05, 0.1) is 35.6 Å². The van der Waals surface area contributed by atoms with Crippen molar-refractivity contribution >= 4 is 21.6 Å². The molecule has 1 aromatic heterocycles. The second kappa shape index (κ2) is 7.64. The number of morpholine rings is 1. The second-order valence-electron chi connectivity index (χ2n) is 6.28. The first-order valence-corrected chi connectivity index (χ1v) is 10.3. The van der Waals surface area contributed by atoms with Crippen molar-refractivity contribution < 1.29 is 27.4 Å². The fourth-order valence-corrected chi connectivity index (χ4v) is 4.02. The number of anilines is 1. The average molecular weight is 405 g/mol. The summed E-state index contributed by atoms with van der Waals surface area (Å²) in [6, 6.07) is 5.87. The van der Waals surface area contributed by atoms with Crippen molar-refractivity contribution in [2.75, 3.05) is 44.2 Å². The van der Waals surface area contributed by atoms with Crippen molar-refractivity contribution in [3.63, 3.8) is 0 Å². The van der Waals surface area contributed by atoms with Crippen molar-refractivity contribution in [2.45, 2.75) is 4.90 Å². The number of benzene rings is 1. The Morgan fingerprint density at radius 3 is 2.54 bits per heavy atom. The molecule has 2 aliphatic heterocycles. The highest BCUT2D eigenvalue weighted by molar-refractivity contribution is 7.92. The highest BCUT2D eigenvalue weighted by atomic mass is 32.2. The van der Waals surface area contributed by atoms with E-state index >= 15 is 0 Å². The lowest BCUT2D eigenvalue weighted by molar-refractivity contribution is 0.0302. The molecular weight excluding hydrogens is 386 g/mol. The Morgan fingerprint density at radius 1 is 1.00 bits per heavy atom. The maximum atomic E-state index is 12.7. The smallest absolute Gasteiger partial charge is 0.262 e. The first kappa shape index (κ1) is 18.5. The maximum absolute atomic E-state index is 12.7. The first-order valence-electron chi connectivity index (χ1n) is 8.77. The lowest BCUT2D eigenvalue weighted by Gasteiger charge is -2.26. The summed E-state index contributed by atoms with van der Waals surface area (Å²) < 4.78 is 44.0. The van der Waals surface area contributed by atoms with Gasteiger partial charge in [0.15, 0.2) is 11.5 Å². The van der Waals surface area contributed by atoms with E-state index in [-0.39, 0.29) is 16.5 Å². The predicted molar refractivity (Wildman–Crippen MR) is 99.2 cm³/mol. The second-order valence-corrected chi connectivity index (χ2v) is 7.96. The molecule has 0 bridgehead atoms. The molecule has 3 heterocycles. The molecule has 0 saturated carbocycles. The van der Waals surface area contributed by atoms with Crippen molar-refractivity contribution in [2.24, 2.45) is 0 Å². The molecule has 0 atom stereocenters. The Morgan fingerprint density at radius 2 is 1.75 bits per heavy atom. The van der Waals surface area contributed by atoms with Gasteiger partial charge in [0.2, 0.25) is 0 Å². The van der Waals surface area contributed by atoms with Crippen LogP contribution in [0.25, 0.3) is 0 Å². The number of hydrogen-bond acceptors (Lipinski definition) is 7. The van der Waals surface area contributed by atoms with Crippen molar-refractivity contribution in [3.8, 4) is 11.5 Å². The number of carbonyl (C=O) groups is 1. The zero-order chi connectivity index (χ0) is 19.6. The zero-order valence-corrected chi connectivity index (χ0v) is 15.8. The summed E-state index contributed by atoms with van der Waals surface area (Å²) in [6.45, 7) is 2.73. The lowest BCUT2D eigenvalue weighted by atomic mass is 10.2. The molecule has 1 aromatic carbocycles. The number of fused-ring (bicyclic) bond motifs is 1. The van der Waals surface area contributed by atoms with Crippen molar-refractivity contribution in [1.82, 2.24) is 9.88 Å². The van der Waals surface area contributed by atoms with Gasteiger partial charge in [0.1, 0.15) is 13.2 Å². The molecule has 0 unspecified atom stereocenters. The first-order chi connectivity index (χ1) is 13.5. The third-order valence-corrected chi connectivity index (χ3v) is 5.74. The van der Waals surface area contributed by atoms with Crippen LogP contribution in [0.1, 0.15) is 10.4 Å². The molecule has 4 rings (SSSR count). The molecule has 10 heteroatoms. The molecule has 2 aromatic rings. The summed E-state index contributed by atoms with van der Waals surface area (Å²) in [4.78, 5) is 18.3. The number of carbonyl (C=O) groups excluding carboxylic acids is 1. The molecule has 1 amide bonds. The summed E-state index contributed by atoms with van der Waals surface area (Å²) >= 11 is 0. The Hall–Kier alpha value is -2.85. The quantitative estimate of drug-likeness (QED) is 0.812. The van der Waals surface area contributed by atoms with Crippen LogP contribution in [0, 0.1) is 0 Å². The number of hydrogen-bond donors (Lipinski definition) is 1. The monoisotopic (exact) mass is 405 g/mol. The molecule has 0 radical (unpaired) electrons. The topological polar surface area (TPSA) is 107 Å². The Kier molecular flexibility index (Phi) is 5.05. The highest BCUT2D eigenvalue weighted by Crippen LogP contribution is 2.32. The van der Waals surface area contributed by atoms with E-state index < -0.39 is 10.0 Å². The number of ether oxygens (including phenoxy) is 3. The van der Waals surface area contributed by atoms with E-state index in [0.29, 0.717) is 56.6 Å². The third kappa shape index (κ3) is 3.87. The van der Waals surface area contributed by atoms with Gasteiger partial charge < -0.3 is 19.1 Å². The van der Waals surface area contributed by atoms with Crippen molar-refractivity contribution in [1.29, 1.82) is 0 Å². The predicted octanol–water partition coefficient (Wildman–Crippen LogP) is 1.13. The molecule has 0 spiro atoms. The standard InChI is InChI=1S/C18H19N3O6S/c22-18(21-3-5-25-6-4-21)13-9-14(12-19-11-13)20-28(23,24)15-1-2-16-17(10-15)27-8-7-26-16/h1-2,9-12,20H,3-8H2. The van der Waals surface area contributed by atoms with E-state index in [1.165, 1.54) is 30.6 Å². The minimum Gasteiger partial charge on any atom is -0.486 e. The molecule has 148 valence electrons. The van der Waals surface area contributed by atoms with Crippen molar-refractivity contribution in [3.05, 3.63) is 42.2 Å². The SMILES string of the molecule is O=C(c1cncc(NS(=O)(=O)c2ccc3c(c2)OCCO3)c1)N1CCOCC1. The maximum Gasteiger partial charge on any atom is 0.262 e. The fraction of sp³-hybridized carbons (Fsp3) is 0.333. The summed E-state index contributed by atoms with van der Waals surface area (Å²) in [7, 11) is -3.88. The largest absolute Gasteiger partial charge is 0.486 e. The van der Waals surface area contributed by atoms with E-state index in [4.69, 9.17) is 14.2 Å². The van der Waals surface area contributed by atoms with Gasteiger partial charge in [-0.25, -0.2) is 8.42 Å². The number of sulfonamides is 1. The van der Waals surface area contributed by atoms with Crippen LogP contribution in [-0.4, -0.2) is 63.7 Å². The molecule has 0 aliphatic carbocycles. The number of rotatable bonds is 4. The Balaban J connectivity index is 1.54. The normalized spacial score (nSPS) is 16.5. The summed E-state index contributed by atoms with van der Waals surface area (Å²) in [5, 5.41) is 0. The molecule has 1 N–H and O–H groups in total. The van der Waals surface area contributed by atoms with E-state index in [0.717, 1.165) is 0 Å². The van der Waals surface area contributed by atoms with Crippen LogP contribution in [0.4, 0.5) is 5.69 Å². The van der Waals surface area contributed by atoms with Gasteiger partial charge in [0.25, 0.3) is 15.9 Å². The van der Waals surface area contributed by atoms with Gasteiger partial charge in [-0.3, -0.25) is 14.5 Å². The van der Waals surface area contributed by atoms with E-state index in [1.54, 1.807) is 11.0 Å². The van der Waals surface area contributed by atoms with Gasteiger partial charge in [-0.2, -0.15) is 0 Å². The summed E-state index contributed by atoms with van der Waals surface area (Å²) in [5.41, 5.74) is 0.512. The minimum atomic E-state index is -3.88. The molecule has 1 saturated heterocycles. The van der Waals surface area contributed by atoms with Gasteiger partial charge in [-0.05, 0) is 18.2 Å². The third-order valence-electron chi connectivity index (χ3n) is 4.36. The van der Waals surface area contributed by atoms with Crippen LogP contribution in [0.3, 0.4) is 0 Å². The van der Waals surface area contributed by atoms with Gasteiger partial charge in [-0.1, -0.05) is 0 Å². The number of aromatic nitrogens is 1. The molecule has 1 fully saturated rings. The summed E-state index contributed by atoms with van der Waals surface area (Å²) in [5.74, 6) is 0.671. The number of amides is 1. The van der Waals surface area contributed by atoms with Gasteiger partial charge >= 0.3 is 0 Å². The van der Waals surface area contributed by atoms with Crippen LogP contribution in [-0.2, 0) is 14.8 Å². The Bertz CT molecular complexity index is 989. The van der Waals surface area contributed by atoms with Crippen LogP contribution >= 0.6 is 0 Å².